The first-order valence-corrected chi connectivity index (χ1v) is 8.30. The van der Waals surface area contributed by atoms with Crippen LogP contribution in [0.4, 0.5) is 0 Å². The fraction of sp³-hybridized carbons (Fsp3) is 0.500. The van der Waals surface area contributed by atoms with Gasteiger partial charge in [-0.2, -0.15) is 4.98 Å². The predicted octanol–water partition coefficient (Wildman–Crippen LogP) is 4.20. The molecule has 0 spiro atoms. The lowest BCUT2D eigenvalue weighted by molar-refractivity contribution is 0.349. The summed E-state index contributed by atoms with van der Waals surface area (Å²) < 4.78 is 6.37. The zero-order chi connectivity index (χ0) is 15.1. The third-order valence-electron chi connectivity index (χ3n) is 3.59. The van der Waals surface area contributed by atoms with Gasteiger partial charge in [0, 0.05) is 16.5 Å². The van der Waals surface area contributed by atoms with E-state index in [1.54, 1.807) is 0 Å². The van der Waals surface area contributed by atoms with Crippen molar-refractivity contribution in [2.75, 3.05) is 6.54 Å². The molecule has 0 saturated heterocycles. The van der Waals surface area contributed by atoms with E-state index in [1.807, 2.05) is 24.3 Å². The van der Waals surface area contributed by atoms with Crippen LogP contribution in [-0.2, 0) is 6.42 Å². The Balaban J connectivity index is 1.96. The van der Waals surface area contributed by atoms with Gasteiger partial charge in [-0.25, -0.2) is 0 Å². The van der Waals surface area contributed by atoms with Crippen LogP contribution in [0.2, 0.25) is 0 Å². The van der Waals surface area contributed by atoms with E-state index in [0.29, 0.717) is 17.6 Å². The van der Waals surface area contributed by atoms with Crippen molar-refractivity contribution in [3.05, 3.63) is 34.6 Å². The molecule has 0 radical (unpaired) electrons. The maximum absolute atomic E-state index is 5.67. The number of nitrogens with two attached hydrogens (primary N) is 1. The second kappa shape index (κ2) is 8.29. The normalized spacial score (nSPS) is 12.5. The van der Waals surface area contributed by atoms with Crippen molar-refractivity contribution < 1.29 is 4.52 Å². The number of nitrogens with zero attached hydrogens (tertiary/aromatic N) is 2. The molecule has 4 nitrogen and oxygen atoms in total. The van der Waals surface area contributed by atoms with Gasteiger partial charge in [-0.05, 0) is 37.4 Å². The average molecular weight is 352 g/mol. The number of aromatic nitrogens is 2. The molecular weight excluding hydrogens is 330 g/mol. The van der Waals surface area contributed by atoms with Crippen molar-refractivity contribution in [1.82, 2.24) is 10.1 Å². The van der Waals surface area contributed by atoms with Crippen molar-refractivity contribution in [1.29, 1.82) is 0 Å². The highest BCUT2D eigenvalue weighted by atomic mass is 79.9. The van der Waals surface area contributed by atoms with Gasteiger partial charge in [-0.15, -0.1) is 0 Å². The Morgan fingerprint density at radius 1 is 1.29 bits per heavy atom. The number of benzene rings is 1. The minimum Gasteiger partial charge on any atom is -0.339 e. The zero-order valence-corrected chi connectivity index (χ0v) is 14.0. The first-order chi connectivity index (χ1) is 10.2. The van der Waals surface area contributed by atoms with Gasteiger partial charge >= 0.3 is 0 Å². The summed E-state index contributed by atoms with van der Waals surface area (Å²) in [6.45, 7) is 2.96. The molecule has 114 valence electrons. The Labute approximate surface area is 134 Å². The minimum atomic E-state index is 0.650. The molecule has 0 fully saturated rings. The minimum absolute atomic E-state index is 0.650. The molecule has 0 saturated carbocycles. The molecule has 0 bridgehead atoms. The van der Waals surface area contributed by atoms with E-state index in [9.17, 15) is 0 Å². The first-order valence-electron chi connectivity index (χ1n) is 7.51. The highest BCUT2D eigenvalue weighted by Crippen LogP contribution is 2.22. The molecule has 2 rings (SSSR count). The smallest absolute Gasteiger partial charge is 0.226 e. The van der Waals surface area contributed by atoms with Crippen LogP contribution in [0.15, 0.2) is 33.3 Å². The van der Waals surface area contributed by atoms with Crippen LogP contribution in [0, 0.1) is 5.92 Å². The van der Waals surface area contributed by atoms with Gasteiger partial charge in [0.15, 0.2) is 0 Å². The third kappa shape index (κ3) is 4.93. The topological polar surface area (TPSA) is 64.9 Å². The average Bonchev–Trinajstić information content (AvgIpc) is 2.94. The molecule has 0 aliphatic rings. The standard InChI is InChI=1S/C16H22BrN3O/c1-2-4-12(9-10-18)7-8-15-19-16(20-21-15)13-5-3-6-14(17)11-13/h3,5-6,11-12H,2,4,7-10,18H2,1H3. The van der Waals surface area contributed by atoms with E-state index in [2.05, 4.69) is 33.0 Å². The van der Waals surface area contributed by atoms with Gasteiger partial charge in [0.2, 0.25) is 11.7 Å². The maximum Gasteiger partial charge on any atom is 0.226 e. The molecule has 0 aliphatic carbocycles. The molecule has 1 heterocycles. The van der Waals surface area contributed by atoms with Crippen LogP contribution in [0.25, 0.3) is 11.4 Å². The third-order valence-corrected chi connectivity index (χ3v) is 4.08. The van der Waals surface area contributed by atoms with E-state index in [0.717, 1.165) is 35.8 Å². The second-order valence-electron chi connectivity index (χ2n) is 5.29. The Bertz CT molecular complexity index is 550. The number of rotatable bonds is 8. The van der Waals surface area contributed by atoms with Crippen molar-refractivity contribution >= 4 is 15.9 Å². The summed E-state index contributed by atoms with van der Waals surface area (Å²) in [5.41, 5.74) is 6.63. The monoisotopic (exact) mass is 351 g/mol. The van der Waals surface area contributed by atoms with Crippen LogP contribution in [0.3, 0.4) is 0 Å². The quantitative estimate of drug-likeness (QED) is 0.773. The summed E-state index contributed by atoms with van der Waals surface area (Å²) in [6, 6.07) is 7.91. The maximum atomic E-state index is 5.67. The van der Waals surface area contributed by atoms with Crippen LogP contribution >= 0.6 is 15.9 Å². The molecule has 1 aromatic heterocycles. The number of aryl methyl sites for hydroxylation is 1. The van der Waals surface area contributed by atoms with E-state index in [1.165, 1.54) is 12.8 Å². The SMILES string of the molecule is CCCC(CCN)CCc1nc(-c2cccc(Br)c2)no1. The van der Waals surface area contributed by atoms with E-state index in [4.69, 9.17) is 10.3 Å². The fourth-order valence-electron chi connectivity index (χ4n) is 2.51. The highest BCUT2D eigenvalue weighted by Gasteiger charge is 2.12. The van der Waals surface area contributed by atoms with Crippen molar-refractivity contribution in [2.45, 2.75) is 39.0 Å². The highest BCUT2D eigenvalue weighted by molar-refractivity contribution is 9.10. The number of hydrogen-bond donors (Lipinski definition) is 1. The summed E-state index contributed by atoms with van der Waals surface area (Å²) in [5.74, 6) is 2.02. The fourth-order valence-corrected chi connectivity index (χ4v) is 2.91. The Hall–Kier alpha value is -1.20. The molecule has 1 unspecified atom stereocenters. The summed E-state index contributed by atoms with van der Waals surface area (Å²) in [5, 5.41) is 4.07. The zero-order valence-electron chi connectivity index (χ0n) is 12.4. The molecule has 1 aromatic carbocycles. The largest absolute Gasteiger partial charge is 0.339 e. The van der Waals surface area contributed by atoms with Gasteiger partial charge < -0.3 is 10.3 Å². The van der Waals surface area contributed by atoms with E-state index < -0.39 is 0 Å². The predicted molar refractivity (Wildman–Crippen MR) is 87.8 cm³/mol. The van der Waals surface area contributed by atoms with Crippen LogP contribution in [0.5, 0.6) is 0 Å². The van der Waals surface area contributed by atoms with Gasteiger partial charge in [-0.1, -0.05) is 53.0 Å². The van der Waals surface area contributed by atoms with E-state index in [-0.39, 0.29) is 0 Å². The second-order valence-corrected chi connectivity index (χ2v) is 6.21. The van der Waals surface area contributed by atoms with Crippen molar-refractivity contribution in [2.24, 2.45) is 11.7 Å². The lowest BCUT2D eigenvalue weighted by Crippen LogP contribution is -2.09. The molecule has 2 N–H and O–H groups in total. The summed E-state index contributed by atoms with van der Waals surface area (Å²) in [7, 11) is 0. The van der Waals surface area contributed by atoms with Gasteiger partial charge in [-0.3, -0.25) is 0 Å². The molecule has 21 heavy (non-hydrogen) atoms. The van der Waals surface area contributed by atoms with Crippen LogP contribution in [0.1, 0.15) is 38.5 Å². The Morgan fingerprint density at radius 2 is 2.14 bits per heavy atom. The summed E-state index contributed by atoms with van der Waals surface area (Å²) in [6.07, 6.45) is 5.36. The summed E-state index contributed by atoms with van der Waals surface area (Å²) in [4.78, 5) is 4.48. The molecule has 5 heteroatoms. The van der Waals surface area contributed by atoms with Crippen LogP contribution in [-0.4, -0.2) is 16.7 Å². The molecule has 0 amide bonds. The first kappa shape index (κ1) is 16.2. The van der Waals surface area contributed by atoms with Gasteiger partial charge in [0.05, 0.1) is 0 Å². The number of hydrogen-bond acceptors (Lipinski definition) is 4. The molecule has 0 aliphatic heterocycles. The molecular formula is C16H22BrN3O. The molecule has 2 aromatic rings. The lowest BCUT2D eigenvalue weighted by Gasteiger charge is -2.13. The summed E-state index contributed by atoms with van der Waals surface area (Å²) >= 11 is 3.45. The molecule has 1 atom stereocenters. The number of halogens is 1. The Kier molecular flexibility index (Phi) is 6.39. The Morgan fingerprint density at radius 3 is 2.86 bits per heavy atom. The van der Waals surface area contributed by atoms with Gasteiger partial charge in [0.1, 0.15) is 0 Å². The van der Waals surface area contributed by atoms with Gasteiger partial charge in [0.25, 0.3) is 0 Å². The van der Waals surface area contributed by atoms with Crippen molar-refractivity contribution in [3.63, 3.8) is 0 Å². The van der Waals surface area contributed by atoms with E-state index >= 15 is 0 Å². The van der Waals surface area contributed by atoms with Crippen LogP contribution < -0.4 is 5.73 Å². The van der Waals surface area contributed by atoms with Crippen molar-refractivity contribution in [3.8, 4) is 11.4 Å². The lowest BCUT2D eigenvalue weighted by atomic mass is 9.94.